The smallest absolute Gasteiger partial charge is 0.389 e. The van der Waals surface area contributed by atoms with Gasteiger partial charge in [-0.15, -0.1) is 11.1 Å². The molecule has 0 aliphatic rings. The normalized spacial score (nSPS) is 14.1. The maximum atomic E-state index is 5.46. The molecule has 0 saturated heterocycles. The fourth-order valence-corrected chi connectivity index (χ4v) is 0.975. The van der Waals surface area contributed by atoms with Crippen molar-refractivity contribution >= 4 is 19.7 Å². The average molecular weight is 141 g/mol. The van der Waals surface area contributed by atoms with Gasteiger partial charge in [-0.25, -0.2) is 0 Å². The molecule has 0 aliphatic heterocycles. The molecule has 1 atom stereocenters. The molecule has 0 aromatic carbocycles. The van der Waals surface area contributed by atoms with E-state index in [0.717, 1.165) is 0 Å². The molecular formula is C3H9ClO2Si. The molecule has 0 fully saturated rings. The third kappa shape index (κ3) is 4.28. The van der Waals surface area contributed by atoms with Crippen molar-refractivity contribution in [1.29, 1.82) is 0 Å². The summed E-state index contributed by atoms with van der Waals surface area (Å²) in [6.45, 7) is 2.54. The Balaban J connectivity index is 2.83. The second kappa shape index (κ2) is 4.58. The van der Waals surface area contributed by atoms with Gasteiger partial charge in [0.25, 0.3) is 0 Å². The molecule has 0 spiro atoms. The molecule has 0 aromatic rings. The lowest BCUT2D eigenvalue weighted by Crippen LogP contribution is -2.12. The SMILES string of the molecule is CCO[SiH](Cl)OC. The van der Waals surface area contributed by atoms with Gasteiger partial charge in [0.1, 0.15) is 0 Å². The van der Waals surface area contributed by atoms with Crippen molar-refractivity contribution < 1.29 is 8.85 Å². The molecule has 0 aromatic heterocycles. The van der Waals surface area contributed by atoms with Crippen LogP contribution in [0.25, 0.3) is 0 Å². The van der Waals surface area contributed by atoms with Crippen LogP contribution >= 0.6 is 11.1 Å². The molecule has 4 heteroatoms. The van der Waals surface area contributed by atoms with Gasteiger partial charge in [-0.2, -0.15) is 0 Å². The van der Waals surface area contributed by atoms with Crippen LogP contribution in [0.15, 0.2) is 0 Å². The fourth-order valence-electron chi connectivity index (χ4n) is 0.199. The van der Waals surface area contributed by atoms with Crippen molar-refractivity contribution in [2.45, 2.75) is 6.92 Å². The zero-order valence-corrected chi connectivity index (χ0v) is 6.39. The highest BCUT2D eigenvalue weighted by molar-refractivity contribution is 6.99. The predicted molar refractivity (Wildman–Crippen MR) is 31.6 cm³/mol. The van der Waals surface area contributed by atoms with Gasteiger partial charge in [-0.1, -0.05) is 0 Å². The van der Waals surface area contributed by atoms with E-state index in [1.165, 1.54) is 0 Å². The molecule has 0 aliphatic carbocycles. The Kier molecular flexibility index (Phi) is 4.86. The van der Waals surface area contributed by atoms with E-state index in [1.807, 2.05) is 6.92 Å². The van der Waals surface area contributed by atoms with Gasteiger partial charge in [-0.3, -0.25) is 0 Å². The molecule has 1 unspecified atom stereocenters. The lowest BCUT2D eigenvalue weighted by Gasteiger charge is -2.01. The first-order valence-electron chi connectivity index (χ1n) is 2.09. The van der Waals surface area contributed by atoms with Crippen LogP contribution < -0.4 is 0 Å². The van der Waals surface area contributed by atoms with Crippen LogP contribution in [0.4, 0.5) is 0 Å². The van der Waals surface area contributed by atoms with E-state index in [9.17, 15) is 0 Å². The van der Waals surface area contributed by atoms with E-state index in [2.05, 4.69) is 4.43 Å². The molecule has 2 nitrogen and oxygen atoms in total. The Bertz CT molecular complexity index is 43.9. The first-order valence-corrected chi connectivity index (χ1v) is 4.78. The average Bonchev–Trinajstić information content (AvgIpc) is 1.68. The molecule has 44 valence electrons. The monoisotopic (exact) mass is 140 g/mol. The Labute approximate surface area is 49.9 Å². The molecule has 0 bridgehead atoms. The summed E-state index contributed by atoms with van der Waals surface area (Å²) >= 11 is 5.46. The number of halogens is 1. The topological polar surface area (TPSA) is 18.5 Å². The molecule has 7 heavy (non-hydrogen) atoms. The summed E-state index contributed by atoms with van der Waals surface area (Å²) in [6.07, 6.45) is 0. The third-order valence-electron chi connectivity index (χ3n) is 0.483. The minimum Gasteiger partial charge on any atom is -0.389 e. The third-order valence-corrected chi connectivity index (χ3v) is 2.36. The highest BCUT2D eigenvalue weighted by atomic mass is 35.6. The Morgan fingerprint density at radius 3 is 2.43 bits per heavy atom. The zero-order valence-electron chi connectivity index (χ0n) is 4.48. The van der Waals surface area contributed by atoms with Gasteiger partial charge in [0, 0.05) is 13.7 Å². The van der Waals surface area contributed by atoms with E-state index in [4.69, 9.17) is 15.5 Å². The van der Waals surface area contributed by atoms with Gasteiger partial charge in [0.15, 0.2) is 0 Å². The van der Waals surface area contributed by atoms with Crippen molar-refractivity contribution in [3.63, 3.8) is 0 Å². The summed E-state index contributed by atoms with van der Waals surface area (Å²) in [5.74, 6) is 0. The number of hydrogen-bond acceptors (Lipinski definition) is 2. The predicted octanol–water partition coefficient (Wildman–Crippen LogP) is 0.625. The Morgan fingerprint density at radius 2 is 2.29 bits per heavy atom. The van der Waals surface area contributed by atoms with Crippen LogP contribution in [-0.4, -0.2) is 22.3 Å². The second-order valence-corrected chi connectivity index (χ2v) is 3.39. The Morgan fingerprint density at radius 1 is 1.71 bits per heavy atom. The molecule has 0 amide bonds. The number of rotatable bonds is 3. The quantitative estimate of drug-likeness (QED) is 0.423. The summed E-state index contributed by atoms with van der Waals surface area (Å²) in [6, 6.07) is 0. The van der Waals surface area contributed by atoms with Gasteiger partial charge < -0.3 is 8.85 Å². The van der Waals surface area contributed by atoms with Crippen LogP contribution in [0.2, 0.25) is 0 Å². The van der Waals surface area contributed by atoms with E-state index in [0.29, 0.717) is 6.61 Å². The second-order valence-electron chi connectivity index (χ2n) is 0.965. The van der Waals surface area contributed by atoms with Crippen molar-refractivity contribution in [2.75, 3.05) is 13.7 Å². The van der Waals surface area contributed by atoms with Crippen LogP contribution in [-0.2, 0) is 8.85 Å². The summed E-state index contributed by atoms with van der Waals surface area (Å²) < 4.78 is 9.55. The summed E-state index contributed by atoms with van der Waals surface area (Å²) in [4.78, 5) is 0. The maximum absolute atomic E-state index is 5.46. The van der Waals surface area contributed by atoms with Gasteiger partial charge in [-0.05, 0) is 6.92 Å². The molecular weight excluding hydrogens is 132 g/mol. The molecule has 0 radical (unpaired) electrons. The summed E-state index contributed by atoms with van der Waals surface area (Å²) in [5.41, 5.74) is 0. The fraction of sp³-hybridized carbons (Fsp3) is 1.00. The van der Waals surface area contributed by atoms with Gasteiger partial charge in [0.05, 0.1) is 0 Å². The zero-order chi connectivity index (χ0) is 5.70. The summed E-state index contributed by atoms with van der Waals surface area (Å²) in [5, 5.41) is 0. The lowest BCUT2D eigenvalue weighted by atomic mass is 10.9. The van der Waals surface area contributed by atoms with Crippen LogP contribution in [0, 0.1) is 0 Å². The summed E-state index contributed by atoms with van der Waals surface area (Å²) in [7, 11) is -0.154. The standard InChI is InChI=1S/C3H9ClO2Si/c1-3-6-7(4)5-2/h7H,3H2,1-2H3. The minimum absolute atomic E-state index is 0.647. The van der Waals surface area contributed by atoms with E-state index in [-0.39, 0.29) is 0 Å². The first-order chi connectivity index (χ1) is 3.31. The van der Waals surface area contributed by atoms with E-state index >= 15 is 0 Å². The molecule has 0 N–H and O–H groups in total. The molecule has 0 saturated carbocycles. The highest BCUT2D eigenvalue weighted by Crippen LogP contribution is 1.90. The van der Waals surface area contributed by atoms with Crippen LogP contribution in [0.5, 0.6) is 0 Å². The Hall–Kier alpha value is 0.427. The molecule has 0 rings (SSSR count). The van der Waals surface area contributed by atoms with E-state index in [1.54, 1.807) is 7.11 Å². The van der Waals surface area contributed by atoms with Crippen molar-refractivity contribution in [1.82, 2.24) is 0 Å². The number of hydrogen-bond donors (Lipinski definition) is 0. The van der Waals surface area contributed by atoms with Crippen molar-refractivity contribution in [3.8, 4) is 0 Å². The van der Waals surface area contributed by atoms with Crippen molar-refractivity contribution in [2.24, 2.45) is 0 Å². The van der Waals surface area contributed by atoms with Crippen molar-refractivity contribution in [3.05, 3.63) is 0 Å². The van der Waals surface area contributed by atoms with Crippen LogP contribution in [0.3, 0.4) is 0 Å². The molecule has 0 heterocycles. The lowest BCUT2D eigenvalue weighted by molar-refractivity contribution is 0.260. The van der Waals surface area contributed by atoms with Gasteiger partial charge in [0.2, 0.25) is 0 Å². The van der Waals surface area contributed by atoms with Crippen LogP contribution in [0.1, 0.15) is 6.92 Å². The van der Waals surface area contributed by atoms with E-state index < -0.39 is 8.59 Å². The minimum atomic E-state index is -1.71. The van der Waals surface area contributed by atoms with Gasteiger partial charge >= 0.3 is 8.59 Å². The largest absolute Gasteiger partial charge is 0.426 e. The highest BCUT2D eigenvalue weighted by Gasteiger charge is 2.01. The first kappa shape index (κ1) is 7.43. The maximum Gasteiger partial charge on any atom is 0.426 e.